The molecule has 0 bridgehead atoms. The molecular formula is C16H22Cl2FN3O2. The van der Waals surface area contributed by atoms with E-state index in [9.17, 15) is 9.18 Å². The van der Waals surface area contributed by atoms with Gasteiger partial charge in [-0.05, 0) is 18.6 Å². The minimum Gasteiger partial charge on any atom is -0.469 e. The van der Waals surface area contributed by atoms with Crippen molar-refractivity contribution in [2.45, 2.75) is 45.1 Å². The highest BCUT2D eigenvalue weighted by Crippen LogP contribution is 2.36. The van der Waals surface area contributed by atoms with E-state index in [4.69, 9.17) is 17.3 Å². The first-order valence-corrected chi connectivity index (χ1v) is 7.59. The van der Waals surface area contributed by atoms with Crippen molar-refractivity contribution in [3.8, 4) is 0 Å². The number of hydrogen-bond donors (Lipinski definition) is 2. The van der Waals surface area contributed by atoms with Gasteiger partial charge >= 0.3 is 5.97 Å². The number of carbonyl (C=O) groups is 1. The Labute approximate surface area is 151 Å². The number of imidazole rings is 1. The monoisotopic (exact) mass is 377 g/mol. The summed E-state index contributed by atoms with van der Waals surface area (Å²) in [6.45, 7) is 7.49. The lowest BCUT2D eigenvalue weighted by atomic mass is 9.89. The first-order chi connectivity index (χ1) is 10.5. The largest absolute Gasteiger partial charge is 0.469 e. The third-order valence-electron chi connectivity index (χ3n) is 3.72. The Bertz CT molecular complexity index is 767. The van der Waals surface area contributed by atoms with E-state index < -0.39 is 17.3 Å². The Morgan fingerprint density at radius 2 is 2.00 bits per heavy atom. The molecule has 0 aliphatic heterocycles. The van der Waals surface area contributed by atoms with Crippen LogP contribution in [0.5, 0.6) is 0 Å². The maximum atomic E-state index is 14.5. The molecule has 24 heavy (non-hydrogen) atoms. The SMILES string of the molecule is COC(=O)C[C@](C)(N)c1cc(F)c2nc(C(C)(C)C)[nH]c2c1Cl.Cl. The minimum atomic E-state index is -1.16. The Morgan fingerprint density at radius 3 is 2.50 bits per heavy atom. The summed E-state index contributed by atoms with van der Waals surface area (Å²) in [5.41, 5.74) is 5.62. The maximum Gasteiger partial charge on any atom is 0.307 e. The van der Waals surface area contributed by atoms with Gasteiger partial charge < -0.3 is 15.5 Å². The molecule has 3 N–H and O–H groups in total. The number of benzene rings is 1. The number of methoxy groups -OCH3 is 1. The van der Waals surface area contributed by atoms with E-state index in [1.54, 1.807) is 6.92 Å². The predicted octanol–water partition coefficient (Wildman–Crippen LogP) is 3.81. The molecule has 5 nitrogen and oxygen atoms in total. The van der Waals surface area contributed by atoms with Gasteiger partial charge in [-0.25, -0.2) is 9.37 Å². The summed E-state index contributed by atoms with van der Waals surface area (Å²) in [6.07, 6.45) is -0.117. The van der Waals surface area contributed by atoms with E-state index >= 15 is 0 Å². The highest BCUT2D eigenvalue weighted by atomic mass is 35.5. The molecule has 0 spiro atoms. The summed E-state index contributed by atoms with van der Waals surface area (Å²) in [7, 11) is 1.27. The molecule has 0 aliphatic carbocycles. The van der Waals surface area contributed by atoms with Crippen LogP contribution < -0.4 is 5.73 Å². The third-order valence-corrected chi connectivity index (χ3v) is 4.11. The Balaban J connectivity index is 0.00000288. The van der Waals surface area contributed by atoms with Gasteiger partial charge in [0.2, 0.25) is 0 Å². The molecular weight excluding hydrogens is 356 g/mol. The van der Waals surface area contributed by atoms with Crippen LogP contribution in [0, 0.1) is 5.82 Å². The molecule has 1 aromatic carbocycles. The van der Waals surface area contributed by atoms with Crippen LogP contribution in [0.3, 0.4) is 0 Å². The van der Waals surface area contributed by atoms with Gasteiger partial charge in [-0.2, -0.15) is 0 Å². The molecule has 1 atom stereocenters. The van der Waals surface area contributed by atoms with Crippen LogP contribution in [0.15, 0.2) is 6.07 Å². The molecule has 1 heterocycles. The van der Waals surface area contributed by atoms with E-state index in [0.717, 1.165) is 0 Å². The van der Waals surface area contributed by atoms with Gasteiger partial charge in [0.05, 0.1) is 29.6 Å². The van der Waals surface area contributed by atoms with Gasteiger partial charge in [-0.1, -0.05) is 32.4 Å². The average Bonchev–Trinajstić information content (AvgIpc) is 2.88. The first-order valence-electron chi connectivity index (χ1n) is 7.21. The maximum absolute atomic E-state index is 14.5. The van der Waals surface area contributed by atoms with Crippen molar-refractivity contribution in [1.29, 1.82) is 0 Å². The van der Waals surface area contributed by atoms with Crippen molar-refractivity contribution in [1.82, 2.24) is 9.97 Å². The molecule has 1 aromatic heterocycles. The molecule has 0 saturated heterocycles. The highest BCUT2D eigenvalue weighted by Gasteiger charge is 2.31. The van der Waals surface area contributed by atoms with E-state index in [1.165, 1.54) is 13.2 Å². The fourth-order valence-corrected chi connectivity index (χ4v) is 2.74. The van der Waals surface area contributed by atoms with E-state index in [2.05, 4.69) is 14.7 Å². The van der Waals surface area contributed by atoms with Crippen LogP contribution in [-0.4, -0.2) is 23.0 Å². The lowest BCUT2D eigenvalue weighted by Gasteiger charge is -2.25. The van der Waals surface area contributed by atoms with Crippen LogP contribution in [-0.2, 0) is 20.5 Å². The third kappa shape index (κ3) is 3.82. The van der Waals surface area contributed by atoms with Crippen LogP contribution in [0.2, 0.25) is 5.02 Å². The number of aromatic amines is 1. The molecule has 0 unspecified atom stereocenters. The van der Waals surface area contributed by atoms with Gasteiger partial charge in [0.1, 0.15) is 11.3 Å². The summed E-state index contributed by atoms with van der Waals surface area (Å²) in [5.74, 6) is -0.406. The number of hydrogen-bond acceptors (Lipinski definition) is 4. The lowest BCUT2D eigenvalue weighted by molar-refractivity contribution is -0.141. The molecule has 0 aliphatic rings. The number of esters is 1. The van der Waals surface area contributed by atoms with Gasteiger partial charge in [0.25, 0.3) is 0 Å². The van der Waals surface area contributed by atoms with Crippen LogP contribution in [0.1, 0.15) is 45.5 Å². The van der Waals surface area contributed by atoms with Gasteiger partial charge in [-0.3, -0.25) is 4.79 Å². The predicted molar refractivity (Wildman–Crippen MR) is 95.2 cm³/mol. The summed E-state index contributed by atoms with van der Waals surface area (Å²) in [5, 5.41) is 0.262. The zero-order valence-corrected chi connectivity index (χ0v) is 15.9. The molecule has 2 rings (SSSR count). The molecule has 0 saturated carbocycles. The van der Waals surface area contributed by atoms with E-state index in [-0.39, 0.29) is 34.8 Å². The van der Waals surface area contributed by atoms with Crippen molar-refractivity contribution in [3.63, 3.8) is 0 Å². The topological polar surface area (TPSA) is 81.0 Å². The van der Waals surface area contributed by atoms with Gasteiger partial charge in [0, 0.05) is 5.41 Å². The number of halogens is 3. The number of rotatable bonds is 3. The zero-order valence-electron chi connectivity index (χ0n) is 14.3. The van der Waals surface area contributed by atoms with Crippen LogP contribution in [0.4, 0.5) is 4.39 Å². The van der Waals surface area contributed by atoms with Crippen LogP contribution >= 0.6 is 24.0 Å². The number of aromatic nitrogens is 2. The second-order valence-corrected chi connectivity index (χ2v) is 7.33. The second kappa shape index (κ2) is 6.86. The smallest absolute Gasteiger partial charge is 0.307 e. The summed E-state index contributed by atoms with van der Waals surface area (Å²) >= 11 is 6.42. The molecule has 2 aromatic rings. The lowest BCUT2D eigenvalue weighted by Crippen LogP contribution is -2.36. The fraction of sp³-hybridized carbons (Fsp3) is 0.500. The number of nitrogens with two attached hydrogens (primary N) is 1. The van der Waals surface area contributed by atoms with Gasteiger partial charge in [0.15, 0.2) is 5.82 Å². The minimum absolute atomic E-state index is 0. The number of H-pyrrole nitrogens is 1. The standard InChI is InChI=1S/C16H21ClFN3O2.ClH/c1-15(2,3)14-20-12-9(18)6-8(11(17)13(12)21-14)16(4,19)7-10(22)23-5;/h6H,7,19H2,1-5H3,(H,20,21);1H/t16-;/m0./s1. The number of fused-ring (bicyclic) bond motifs is 1. The van der Waals surface area contributed by atoms with E-state index in [1.807, 2.05) is 20.8 Å². The first kappa shape index (κ1) is 20.7. The zero-order chi connectivity index (χ0) is 17.6. The number of nitrogens with one attached hydrogen (secondary N) is 1. The van der Waals surface area contributed by atoms with Crippen LogP contribution in [0.25, 0.3) is 11.0 Å². The Kier molecular flexibility index (Phi) is 5.91. The second-order valence-electron chi connectivity index (χ2n) is 6.95. The highest BCUT2D eigenvalue weighted by molar-refractivity contribution is 6.36. The molecule has 8 heteroatoms. The number of nitrogens with zero attached hydrogens (tertiary/aromatic N) is 1. The fourth-order valence-electron chi connectivity index (χ4n) is 2.34. The Morgan fingerprint density at radius 1 is 1.42 bits per heavy atom. The molecule has 0 radical (unpaired) electrons. The van der Waals surface area contributed by atoms with Crippen molar-refractivity contribution in [2.75, 3.05) is 7.11 Å². The van der Waals surface area contributed by atoms with E-state index in [0.29, 0.717) is 16.9 Å². The Hall–Kier alpha value is -1.37. The summed E-state index contributed by atoms with van der Waals surface area (Å²) in [6, 6.07) is 1.24. The summed E-state index contributed by atoms with van der Waals surface area (Å²) in [4.78, 5) is 18.9. The normalized spacial score (nSPS) is 14.2. The quantitative estimate of drug-likeness (QED) is 0.796. The molecule has 0 fully saturated rings. The summed E-state index contributed by atoms with van der Waals surface area (Å²) < 4.78 is 19.1. The van der Waals surface area contributed by atoms with Crippen molar-refractivity contribution in [3.05, 3.63) is 28.3 Å². The van der Waals surface area contributed by atoms with Crippen molar-refractivity contribution >= 4 is 41.0 Å². The average molecular weight is 378 g/mol. The van der Waals surface area contributed by atoms with Crippen molar-refractivity contribution < 1.29 is 13.9 Å². The van der Waals surface area contributed by atoms with Crippen molar-refractivity contribution in [2.24, 2.45) is 5.73 Å². The number of ether oxygens (including phenoxy) is 1. The molecule has 0 amide bonds. The molecule has 134 valence electrons. The van der Waals surface area contributed by atoms with Gasteiger partial charge in [-0.15, -0.1) is 12.4 Å². The number of carbonyl (C=O) groups excluding carboxylic acids is 1.